The van der Waals surface area contributed by atoms with Crippen molar-refractivity contribution in [2.75, 3.05) is 26.5 Å². The maximum Gasteiger partial charge on any atom is 0.417 e. The monoisotopic (exact) mass is 304 g/mol. The van der Waals surface area contributed by atoms with Crippen molar-refractivity contribution in [1.29, 1.82) is 0 Å². The van der Waals surface area contributed by atoms with Gasteiger partial charge in [0.15, 0.2) is 18.1 Å². The van der Waals surface area contributed by atoms with E-state index in [1.807, 2.05) is 0 Å². The Kier molecular flexibility index (Phi) is 2.72. The third-order valence-corrected chi connectivity index (χ3v) is 3.92. The molecule has 114 valence electrons. The van der Waals surface area contributed by atoms with E-state index in [1.165, 1.54) is 0 Å². The smallest absolute Gasteiger partial charge is 0.417 e. The van der Waals surface area contributed by atoms with Gasteiger partial charge in [-0.1, -0.05) is 0 Å². The third-order valence-electron chi connectivity index (χ3n) is 3.92. The molecule has 1 aromatic rings. The van der Waals surface area contributed by atoms with E-state index in [-0.39, 0.29) is 31.3 Å². The minimum absolute atomic E-state index is 0.151. The number of hydrogen-bond acceptors (Lipinski definition) is 6. The number of imide groups is 1. The van der Waals surface area contributed by atoms with Crippen LogP contribution in [0, 0.1) is 0 Å². The number of ether oxygens (including phenoxy) is 3. The number of carbonyl (C=O) groups is 3. The van der Waals surface area contributed by atoms with Crippen LogP contribution in [-0.4, -0.2) is 60.2 Å². The first kappa shape index (κ1) is 12.9. The summed E-state index contributed by atoms with van der Waals surface area (Å²) in [6.07, 6.45) is -0.634. The predicted molar refractivity (Wildman–Crippen MR) is 70.5 cm³/mol. The molecule has 8 nitrogen and oxygen atoms in total. The van der Waals surface area contributed by atoms with Crippen molar-refractivity contribution in [2.45, 2.75) is 6.04 Å². The van der Waals surface area contributed by atoms with Gasteiger partial charge in [0.1, 0.15) is 0 Å². The van der Waals surface area contributed by atoms with E-state index in [2.05, 4.69) is 4.74 Å². The fraction of sp³-hybridized carbons (Fsp3) is 0.357. The Balaban J connectivity index is 1.43. The molecule has 0 spiro atoms. The molecule has 0 radical (unpaired) electrons. The summed E-state index contributed by atoms with van der Waals surface area (Å²) in [7, 11) is 0. The summed E-state index contributed by atoms with van der Waals surface area (Å²) in [5, 5.41) is 0. The van der Waals surface area contributed by atoms with Crippen LogP contribution < -0.4 is 9.47 Å². The second-order valence-corrected chi connectivity index (χ2v) is 5.25. The van der Waals surface area contributed by atoms with Crippen molar-refractivity contribution in [3.05, 3.63) is 23.8 Å². The zero-order chi connectivity index (χ0) is 15.3. The van der Waals surface area contributed by atoms with Gasteiger partial charge in [-0.15, -0.1) is 0 Å². The van der Waals surface area contributed by atoms with Crippen LogP contribution in [0.15, 0.2) is 18.2 Å². The quantitative estimate of drug-likeness (QED) is 0.777. The van der Waals surface area contributed by atoms with Gasteiger partial charge in [0.05, 0.1) is 6.04 Å². The van der Waals surface area contributed by atoms with Crippen LogP contribution in [0.3, 0.4) is 0 Å². The minimum atomic E-state index is -0.634. The highest BCUT2D eigenvalue weighted by molar-refractivity contribution is 5.99. The number of fused-ring (bicyclic) bond motifs is 1. The molecule has 0 unspecified atom stereocenters. The summed E-state index contributed by atoms with van der Waals surface area (Å²) >= 11 is 0. The predicted octanol–water partition coefficient (Wildman–Crippen LogP) is 0.219. The lowest BCUT2D eigenvalue weighted by molar-refractivity contribution is -0.129. The van der Waals surface area contributed by atoms with Crippen LogP contribution in [0.2, 0.25) is 0 Å². The molecule has 8 heteroatoms. The molecule has 0 bridgehead atoms. The summed E-state index contributed by atoms with van der Waals surface area (Å²) in [5.41, 5.74) is 0.484. The van der Waals surface area contributed by atoms with Crippen molar-refractivity contribution < 1.29 is 28.6 Å². The lowest BCUT2D eigenvalue weighted by Gasteiger charge is -2.41. The van der Waals surface area contributed by atoms with Gasteiger partial charge >= 0.3 is 6.09 Å². The number of rotatable bonds is 2. The van der Waals surface area contributed by atoms with Gasteiger partial charge in [0.25, 0.3) is 11.8 Å². The number of likely N-dealkylation sites (tertiary alicyclic amines) is 1. The Morgan fingerprint density at radius 2 is 1.86 bits per heavy atom. The van der Waals surface area contributed by atoms with Crippen LogP contribution in [0.5, 0.6) is 11.5 Å². The van der Waals surface area contributed by atoms with E-state index in [4.69, 9.17) is 9.47 Å². The Labute approximate surface area is 125 Å². The van der Waals surface area contributed by atoms with Crippen LogP contribution >= 0.6 is 0 Å². The van der Waals surface area contributed by atoms with E-state index in [0.717, 1.165) is 4.90 Å². The van der Waals surface area contributed by atoms with E-state index in [9.17, 15) is 14.4 Å². The van der Waals surface area contributed by atoms with Crippen molar-refractivity contribution in [2.24, 2.45) is 0 Å². The van der Waals surface area contributed by atoms with Gasteiger partial charge in [-0.05, 0) is 18.2 Å². The van der Waals surface area contributed by atoms with Crippen LogP contribution in [0.25, 0.3) is 0 Å². The highest BCUT2D eigenvalue weighted by Crippen LogP contribution is 2.33. The Morgan fingerprint density at radius 3 is 2.59 bits per heavy atom. The molecular weight excluding hydrogens is 292 g/mol. The molecule has 4 rings (SSSR count). The van der Waals surface area contributed by atoms with Gasteiger partial charge in [-0.2, -0.15) is 0 Å². The SMILES string of the molecule is O=C(c1ccc2c(c1)OCO2)N1CC(N2C(=O)COC2=O)C1. The Bertz CT molecular complexity index is 666. The number of nitrogens with zero attached hydrogens (tertiary/aromatic N) is 2. The fourth-order valence-electron chi connectivity index (χ4n) is 2.71. The number of carbonyl (C=O) groups excluding carboxylic acids is 3. The topological polar surface area (TPSA) is 85.4 Å². The number of cyclic esters (lactones) is 1. The number of benzene rings is 1. The first-order valence-corrected chi connectivity index (χ1v) is 6.81. The van der Waals surface area contributed by atoms with Gasteiger partial charge in [-0.3, -0.25) is 9.59 Å². The highest BCUT2D eigenvalue weighted by atomic mass is 16.7. The van der Waals surface area contributed by atoms with Crippen molar-refractivity contribution in [3.8, 4) is 11.5 Å². The lowest BCUT2D eigenvalue weighted by Crippen LogP contribution is -2.62. The average Bonchev–Trinajstić information content (AvgIpc) is 3.05. The van der Waals surface area contributed by atoms with Gasteiger partial charge < -0.3 is 19.1 Å². The molecule has 0 aliphatic carbocycles. The second-order valence-electron chi connectivity index (χ2n) is 5.25. The molecule has 1 aromatic carbocycles. The van der Waals surface area contributed by atoms with Crippen molar-refractivity contribution >= 4 is 17.9 Å². The van der Waals surface area contributed by atoms with E-state index >= 15 is 0 Å². The van der Waals surface area contributed by atoms with E-state index in [0.29, 0.717) is 30.2 Å². The van der Waals surface area contributed by atoms with Crippen molar-refractivity contribution in [3.63, 3.8) is 0 Å². The summed E-state index contributed by atoms with van der Waals surface area (Å²) in [6, 6.07) is 4.68. The van der Waals surface area contributed by atoms with Gasteiger partial charge in [-0.25, -0.2) is 9.69 Å². The average molecular weight is 304 g/mol. The summed E-state index contributed by atoms with van der Waals surface area (Å²) < 4.78 is 15.1. The molecular formula is C14H12N2O6. The maximum absolute atomic E-state index is 12.4. The molecule has 0 aromatic heterocycles. The maximum atomic E-state index is 12.4. The van der Waals surface area contributed by atoms with Crippen LogP contribution in [0.4, 0.5) is 4.79 Å². The van der Waals surface area contributed by atoms with E-state index < -0.39 is 6.09 Å². The summed E-state index contributed by atoms with van der Waals surface area (Å²) in [4.78, 5) is 38.0. The Morgan fingerprint density at radius 1 is 1.09 bits per heavy atom. The van der Waals surface area contributed by atoms with E-state index in [1.54, 1.807) is 23.1 Å². The fourth-order valence-corrected chi connectivity index (χ4v) is 2.71. The molecule has 3 aliphatic rings. The first-order valence-electron chi connectivity index (χ1n) is 6.81. The summed E-state index contributed by atoms with van der Waals surface area (Å²) in [5.74, 6) is 0.629. The van der Waals surface area contributed by atoms with Crippen molar-refractivity contribution in [1.82, 2.24) is 9.80 Å². The highest BCUT2D eigenvalue weighted by Gasteiger charge is 2.44. The zero-order valence-electron chi connectivity index (χ0n) is 11.5. The zero-order valence-corrected chi connectivity index (χ0v) is 11.5. The van der Waals surface area contributed by atoms with Gasteiger partial charge in [0, 0.05) is 18.7 Å². The molecule has 3 aliphatic heterocycles. The Hall–Kier alpha value is -2.77. The standard InChI is InChI=1S/C14H12N2O6/c17-12-6-20-14(19)16(12)9-4-15(5-9)13(18)8-1-2-10-11(3-8)22-7-21-10/h1-3,9H,4-7H2. The second kappa shape index (κ2) is 4.62. The number of hydrogen-bond donors (Lipinski definition) is 0. The molecule has 22 heavy (non-hydrogen) atoms. The molecule has 0 atom stereocenters. The normalized spacial score (nSPS) is 20.2. The summed E-state index contributed by atoms with van der Waals surface area (Å²) in [6.45, 7) is 0.561. The molecule has 0 saturated carbocycles. The lowest BCUT2D eigenvalue weighted by atomic mass is 10.0. The molecule has 2 fully saturated rings. The van der Waals surface area contributed by atoms with Gasteiger partial charge in [0.2, 0.25) is 6.79 Å². The van der Waals surface area contributed by atoms with Crippen LogP contribution in [0.1, 0.15) is 10.4 Å². The van der Waals surface area contributed by atoms with Crippen LogP contribution in [-0.2, 0) is 9.53 Å². The molecule has 3 amide bonds. The first-order chi connectivity index (χ1) is 10.6. The molecule has 0 N–H and O–H groups in total. The minimum Gasteiger partial charge on any atom is -0.454 e. The third kappa shape index (κ3) is 1.87. The largest absolute Gasteiger partial charge is 0.454 e. The molecule has 3 heterocycles. The molecule has 2 saturated heterocycles. The number of amides is 3.